The zero-order valence-corrected chi connectivity index (χ0v) is 6.82. The highest BCUT2D eigenvalue weighted by Crippen LogP contribution is 2.21. The Hall–Kier alpha value is -0.590. The van der Waals surface area contributed by atoms with Crippen LogP contribution in [0.4, 0.5) is 0 Å². The van der Waals surface area contributed by atoms with E-state index in [1.54, 1.807) is 12.1 Å². The van der Waals surface area contributed by atoms with Crippen LogP contribution < -0.4 is 0 Å². The number of rotatable bonds is 1. The first kappa shape index (κ1) is 7.52. The van der Waals surface area contributed by atoms with Crippen molar-refractivity contribution in [1.82, 2.24) is 0 Å². The summed E-state index contributed by atoms with van der Waals surface area (Å²) >= 11 is 4.00. The number of hydrogen-bond donors (Lipinski definition) is 1. The molecular formula is C7H5NS2. The Morgan fingerprint density at radius 3 is 2.90 bits per heavy atom. The van der Waals surface area contributed by atoms with E-state index < -0.39 is 0 Å². The van der Waals surface area contributed by atoms with Crippen LogP contribution in [-0.4, -0.2) is 0 Å². The van der Waals surface area contributed by atoms with Gasteiger partial charge >= 0.3 is 0 Å². The van der Waals surface area contributed by atoms with E-state index in [9.17, 15) is 0 Å². The Labute approximate surface area is 68.9 Å². The number of hydrogen-bond acceptors (Lipinski definition) is 3. The van der Waals surface area contributed by atoms with Crippen LogP contribution in [-0.2, 0) is 0 Å². The largest absolute Gasteiger partial charge is 0.192 e. The maximum atomic E-state index is 8.47. The van der Waals surface area contributed by atoms with Gasteiger partial charge in [-0.15, -0.1) is 11.7 Å². The van der Waals surface area contributed by atoms with Gasteiger partial charge < -0.3 is 0 Å². The number of nitrogens with zero attached hydrogens (tertiary/aromatic N) is 1. The molecule has 0 bridgehead atoms. The van der Waals surface area contributed by atoms with E-state index in [0.717, 1.165) is 4.90 Å². The van der Waals surface area contributed by atoms with E-state index in [1.807, 2.05) is 12.1 Å². The first-order chi connectivity index (χ1) is 4.86. The molecule has 1 aromatic carbocycles. The summed E-state index contributed by atoms with van der Waals surface area (Å²) < 4.78 is 0. The van der Waals surface area contributed by atoms with Gasteiger partial charge in [0.15, 0.2) is 0 Å². The zero-order valence-electron chi connectivity index (χ0n) is 5.11. The molecule has 1 aromatic rings. The second-order valence-electron chi connectivity index (χ2n) is 1.73. The third kappa shape index (κ3) is 1.69. The minimum absolute atomic E-state index is 0.680. The third-order valence-electron chi connectivity index (χ3n) is 1.07. The molecule has 0 radical (unpaired) electrons. The smallest absolute Gasteiger partial charge is 0.0992 e. The Bertz CT molecular complexity index is 265. The second-order valence-corrected chi connectivity index (χ2v) is 2.93. The van der Waals surface area contributed by atoms with Gasteiger partial charge in [0.2, 0.25) is 0 Å². The second kappa shape index (κ2) is 3.55. The Morgan fingerprint density at radius 1 is 1.50 bits per heavy atom. The maximum Gasteiger partial charge on any atom is 0.0992 e. The minimum Gasteiger partial charge on any atom is -0.192 e. The summed E-state index contributed by atoms with van der Waals surface area (Å²) in [5.74, 6) is 0. The molecule has 0 saturated heterocycles. The fourth-order valence-corrected chi connectivity index (χ4v) is 1.28. The van der Waals surface area contributed by atoms with Gasteiger partial charge in [0, 0.05) is 4.90 Å². The van der Waals surface area contributed by atoms with Gasteiger partial charge in [-0.25, -0.2) is 0 Å². The molecule has 1 nitrogen and oxygen atoms in total. The van der Waals surface area contributed by atoms with Gasteiger partial charge in [-0.3, -0.25) is 0 Å². The van der Waals surface area contributed by atoms with Crippen LogP contribution in [0.25, 0.3) is 0 Å². The summed E-state index contributed by atoms with van der Waals surface area (Å²) in [6.07, 6.45) is 0. The van der Waals surface area contributed by atoms with E-state index in [0.29, 0.717) is 5.56 Å². The van der Waals surface area contributed by atoms with E-state index in [2.05, 4.69) is 17.7 Å². The molecule has 0 fully saturated rings. The van der Waals surface area contributed by atoms with Crippen molar-refractivity contribution in [2.45, 2.75) is 4.90 Å². The number of nitriles is 1. The molecule has 0 amide bonds. The van der Waals surface area contributed by atoms with Crippen molar-refractivity contribution in [3.05, 3.63) is 29.8 Å². The van der Waals surface area contributed by atoms with Crippen LogP contribution in [0.5, 0.6) is 0 Å². The van der Waals surface area contributed by atoms with Gasteiger partial charge in [0.25, 0.3) is 0 Å². The average Bonchev–Trinajstić information content (AvgIpc) is 2.05. The SMILES string of the molecule is N#Cc1cccc(SS)c1. The first-order valence-electron chi connectivity index (χ1n) is 2.68. The molecule has 0 unspecified atom stereocenters. The molecule has 0 aromatic heterocycles. The van der Waals surface area contributed by atoms with Crippen molar-refractivity contribution in [3.8, 4) is 6.07 Å². The maximum absolute atomic E-state index is 8.47. The summed E-state index contributed by atoms with van der Waals surface area (Å²) in [6, 6.07) is 9.39. The van der Waals surface area contributed by atoms with E-state index >= 15 is 0 Å². The van der Waals surface area contributed by atoms with Crippen molar-refractivity contribution in [2.24, 2.45) is 0 Å². The highest BCUT2D eigenvalue weighted by molar-refractivity contribution is 8.68. The molecule has 0 aliphatic rings. The lowest BCUT2D eigenvalue weighted by Gasteiger charge is -1.92. The minimum atomic E-state index is 0.680. The Balaban J connectivity index is 3.01. The van der Waals surface area contributed by atoms with Crippen molar-refractivity contribution in [1.29, 1.82) is 5.26 Å². The van der Waals surface area contributed by atoms with E-state index in [4.69, 9.17) is 5.26 Å². The monoisotopic (exact) mass is 167 g/mol. The molecule has 0 aliphatic heterocycles. The van der Waals surface area contributed by atoms with Crippen molar-refractivity contribution < 1.29 is 0 Å². The Morgan fingerprint density at radius 2 is 2.30 bits per heavy atom. The van der Waals surface area contributed by atoms with Crippen molar-refractivity contribution in [2.75, 3.05) is 0 Å². The standard InChI is InChI=1S/C7H5NS2/c8-5-6-2-1-3-7(4-6)10-9/h1-4,9H. The lowest BCUT2D eigenvalue weighted by molar-refractivity contribution is 1.41. The lowest BCUT2D eigenvalue weighted by Crippen LogP contribution is -1.72. The number of thiol groups is 1. The number of benzene rings is 1. The predicted molar refractivity (Wildman–Crippen MR) is 46.0 cm³/mol. The third-order valence-corrected chi connectivity index (χ3v) is 2.17. The van der Waals surface area contributed by atoms with Crippen LogP contribution in [0, 0.1) is 11.3 Å². The predicted octanol–water partition coefficient (Wildman–Crippen LogP) is 2.50. The molecule has 0 N–H and O–H groups in total. The van der Waals surface area contributed by atoms with Gasteiger partial charge in [-0.05, 0) is 18.2 Å². The fraction of sp³-hybridized carbons (Fsp3) is 0. The summed E-state index contributed by atoms with van der Waals surface area (Å²) in [6.45, 7) is 0. The van der Waals surface area contributed by atoms with Crippen molar-refractivity contribution >= 4 is 22.5 Å². The van der Waals surface area contributed by atoms with Gasteiger partial charge in [0.05, 0.1) is 11.6 Å². The lowest BCUT2D eigenvalue weighted by atomic mass is 10.2. The molecule has 0 heterocycles. The first-order valence-corrected chi connectivity index (χ1v) is 4.55. The molecule has 10 heavy (non-hydrogen) atoms. The normalized spacial score (nSPS) is 8.80. The molecule has 0 atom stereocenters. The van der Waals surface area contributed by atoms with Crippen LogP contribution in [0.3, 0.4) is 0 Å². The van der Waals surface area contributed by atoms with Gasteiger partial charge in [-0.2, -0.15) is 5.26 Å². The summed E-state index contributed by atoms with van der Waals surface area (Å²) in [7, 11) is 1.34. The highest BCUT2D eigenvalue weighted by atomic mass is 33.1. The zero-order chi connectivity index (χ0) is 7.40. The highest BCUT2D eigenvalue weighted by Gasteiger charge is 1.91. The van der Waals surface area contributed by atoms with Crippen LogP contribution in [0.1, 0.15) is 5.56 Å². The van der Waals surface area contributed by atoms with E-state index in [1.165, 1.54) is 10.8 Å². The van der Waals surface area contributed by atoms with Crippen LogP contribution >= 0.6 is 22.5 Å². The van der Waals surface area contributed by atoms with Crippen molar-refractivity contribution in [3.63, 3.8) is 0 Å². The molecule has 0 aliphatic carbocycles. The molecule has 1 rings (SSSR count). The molecule has 0 spiro atoms. The van der Waals surface area contributed by atoms with E-state index in [-0.39, 0.29) is 0 Å². The summed E-state index contributed by atoms with van der Waals surface area (Å²) in [5, 5.41) is 8.47. The average molecular weight is 167 g/mol. The Kier molecular flexibility index (Phi) is 2.67. The summed E-state index contributed by atoms with van der Waals surface area (Å²) in [4.78, 5) is 1.00. The van der Waals surface area contributed by atoms with Crippen LogP contribution in [0.2, 0.25) is 0 Å². The van der Waals surface area contributed by atoms with Gasteiger partial charge in [-0.1, -0.05) is 16.9 Å². The molecular weight excluding hydrogens is 162 g/mol. The van der Waals surface area contributed by atoms with Crippen LogP contribution in [0.15, 0.2) is 29.2 Å². The van der Waals surface area contributed by atoms with Gasteiger partial charge in [0.1, 0.15) is 0 Å². The quantitative estimate of drug-likeness (QED) is 0.513. The summed E-state index contributed by atoms with van der Waals surface area (Å²) in [5.41, 5.74) is 0.680. The molecule has 0 saturated carbocycles. The topological polar surface area (TPSA) is 23.8 Å². The fourth-order valence-electron chi connectivity index (χ4n) is 0.622. The molecule has 3 heteroatoms. The molecule has 50 valence electrons.